The fraction of sp³-hybridized carbons (Fsp3) is 0.573. The monoisotopic (exact) mass is 2010 g/mol. The zero-order chi connectivity index (χ0) is 89.9. The molecule has 7 saturated heterocycles. The Morgan fingerprint density at radius 2 is 1.08 bits per heavy atom. The Balaban J connectivity index is 0.000000133. The number of aliphatic imine (C=N–C) groups is 4. The predicted molar refractivity (Wildman–Crippen MR) is 503 cm³/mol. The van der Waals surface area contributed by atoms with Gasteiger partial charge in [-0.2, -0.15) is 15.6 Å². The number of oxime groups is 1. The van der Waals surface area contributed by atoms with E-state index >= 15 is 0 Å². The number of nitriles is 1. The number of nitrogens with two attached hydrogens (primary N) is 3. The van der Waals surface area contributed by atoms with Crippen molar-refractivity contribution in [1.82, 2.24) is 20.7 Å². The van der Waals surface area contributed by atoms with E-state index in [4.69, 9.17) is 100 Å². The quantitative estimate of drug-likeness (QED) is 0.0357. The molecule has 0 radical (unpaired) electrons. The summed E-state index contributed by atoms with van der Waals surface area (Å²) in [5.74, 6) is 4.72. The van der Waals surface area contributed by atoms with Gasteiger partial charge in [0, 0.05) is 135 Å². The number of hydrogen-bond donors (Lipinski definition) is 6. The summed E-state index contributed by atoms with van der Waals surface area (Å²) in [7, 11) is 0. The first-order valence-corrected chi connectivity index (χ1v) is 50.3. The van der Waals surface area contributed by atoms with Crippen LogP contribution in [0.1, 0.15) is 144 Å². The zero-order valence-electron chi connectivity index (χ0n) is 71.6. The molecule has 6 aromatic rings. The van der Waals surface area contributed by atoms with Gasteiger partial charge in [0.15, 0.2) is 20.7 Å². The van der Waals surface area contributed by atoms with Gasteiger partial charge in [-0.3, -0.25) is 10.1 Å². The summed E-state index contributed by atoms with van der Waals surface area (Å²) in [4.78, 5) is 93.5. The van der Waals surface area contributed by atoms with Gasteiger partial charge in [0.05, 0.1) is 106 Å². The van der Waals surface area contributed by atoms with Gasteiger partial charge in [0.25, 0.3) is 5.91 Å². The molecule has 7 fully saturated rings. The van der Waals surface area contributed by atoms with Crippen molar-refractivity contribution in [2.75, 3.05) is 86.9 Å². The van der Waals surface area contributed by atoms with Crippen molar-refractivity contribution in [1.29, 1.82) is 5.26 Å². The van der Waals surface area contributed by atoms with Crippen molar-refractivity contribution in [3.05, 3.63) is 131 Å². The maximum absolute atomic E-state index is 13.1. The number of thiophene rings is 5. The molecular weight excluding hydrogens is 1910 g/mol. The van der Waals surface area contributed by atoms with E-state index in [0.717, 1.165) is 70.3 Å². The van der Waals surface area contributed by atoms with Gasteiger partial charge in [-0.15, -0.1) is 56.7 Å². The minimum atomic E-state index is -0.857. The maximum Gasteiger partial charge on any atom is 0.426 e. The maximum atomic E-state index is 13.1. The fourth-order valence-electron chi connectivity index (χ4n) is 16.1. The summed E-state index contributed by atoms with van der Waals surface area (Å²) < 4.78 is 53.2. The van der Waals surface area contributed by atoms with Gasteiger partial charge in [0.2, 0.25) is 0 Å². The number of nitrogen functional groups attached to an aromatic ring is 1. The number of nitrogens with zero attached hydrogens (tertiary/aromatic N) is 11. The van der Waals surface area contributed by atoms with Crippen molar-refractivity contribution in [3.8, 4) is 6.07 Å². The van der Waals surface area contributed by atoms with Gasteiger partial charge < -0.3 is 74.8 Å². The van der Waals surface area contributed by atoms with E-state index in [1.807, 2.05) is 56.7 Å². The van der Waals surface area contributed by atoms with Crippen LogP contribution in [-0.2, 0) is 80.0 Å². The zero-order valence-corrected chi connectivity index (χ0v) is 82.1. The molecule has 674 valence electrons. The van der Waals surface area contributed by atoms with Crippen molar-refractivity contribution in [3.63, 3.8) is 0 Å². The van der Waals surface area contributed by atoms with E-state index in [1.54, 1.807) is 128 Å². The van der Waals surface area contributed by atoms with Crippen molar-refractivity contribution < 1.29 is 71.5 Å². The fourth-order valence-corrected chi connectivity index (χ4v) is 27.2. The Labute approximate surface area is 779 Å². The molecule has 0 aromatic carbocycles. The standard InChI is InChI=1S/C21H29N5O5S2.C18H17N5O2S2.C16H23N3O3S2.C11H13BrN2OS2.C10H12BrNO2S.C6H9NO2/c1-12-14-10-33-16(23-21(14,11-29-12)15-8-13(9-32-15)24-25-22)26(17(27)30-19(2,3)4)18(28)31-20(5,6)7;1-10-13-8-27-17(20)23-18(13,9-25-10)15-4-12(7-26-15)22-16(24)14-3-2-11(5-19)6-21-14;1-9-11-7-24-13(18-14(20)22-15(2,3)4)19-16(11,8-21-9)12-5-10(17)6-23-12;1-6-8-4-17-10(13)14-11(8,5-15-6)9-2-7(12)3-16-9;1-6-8-3-14-12-10(8,5-13-6)9-2-7(11)4-15-9;1-4-5-2-9-7-6(5)3-8-4/h8-9,12,14H,10-11H2,1-7H3;2-4,6-7,10,13H,8-9H2,1H3,(H2,20,23)(H,22,24);5-6,9,11H,7-8,17H2,1-4H3,(H,18,19,20);2-3,6,8H,4-5H2,1H3,(H2,13,14);2,4,6,8,12H,3,5H2,1H3;4-5H,2-3H2,1H3/t12-,14-,21+;10-,13-,18+;9-,11-,16+;6-,8-,11+;6-,8-,10+;4-,5-/m111111/s1. The first kappa shape index (κ1) is 96.1. The van der Waals surface area contributed by atoms with Crippen LogP contribution in [0.15, 0.2) is 115 Å². The number of anilines is 2. The van der Waals surface area contributed by atoms with E-state index in [1.165, 1.54) is 56.9 Å². The normalized spacial score (nSPS) is 30.7. The second-order valence-corrected chi connectivity index (χ2v) is 45.1. The first-order valence-electron chi connectivity index (χ1n) is 40.4. The van der Waals surface area contributed by atoms with Crippen molar-refractivity contribution >= 4 is 203 Å². The highest BCUT2D eigenvalue weighted by atomic mass is 79.9. The van der Waals surface area contributed by atoms with Crippen LogP contribution >= 0.6 is 136 Å². The number of amidine groups is 4. The third-order valence-corrected chi connectivity index (χ3v) is 33.5. The molecule has 18 heterocycles. The highest BCUT2D eigenvalue weighted by molar-refractivity contribution is 9.10. The number of aromatic nitrogens is 1. The molecular formula is C82H103Br2N17O15S9. The van der Waals surface area contributed by atoms with Crippen LogP contribution in [0, 0.1) is 46.8 Å². The van der Waals surface area contributed by atoms with Gasteiger partial charge in [0.1, 0.15) is 62.9 Å². The Kier molecular flexibility index (Phi) is 30.5. The van der Waals surface area contributed by atoms with E-state index in [0.29, 0.717) is 95.1 Å². The van der Waals surface area contributed by atoms with Crippen molar-refractivity contribution in [2.45, 2.75) is 185 Å². The first-order chi connectivity index (χ1) is 59.2. The van der Waals surface area contributed by atoms with Gasteiger partial charge in [-0.25, -0.2) is 39.3 Å². The van der Waals surface area contributed by atoms with E-state index < -0.39 is 51.7 Å². The Hall–Kier alpha value is -6.48. The molecule has 12 aliphatic heterocycles. The lowest BCUT2D eigenvalue weighted by molar-refractivity contribution is 0.00826. The van der Waals surface area contributed by atoms with E-state index in [2.05, 4.69) is 126 Å². The van der Waals surface area contributed by atoms with Crippen LogP contribution in [0.5, 0.6) is 0 Å². The van der Waals surface area contributed by atoms with Crippen LogP contribution in [0.4, 0.5) is 31.4 Å². The summed E-state index contributed by atoms with van der Waals surface area (Å²) in [5.41, 5.74) is 29.1. The summed E-state index contributed by atoms with van der Waals surface area (Å²) in [5, 5.41) is 33.7. The average Bonchev–Trinajstić information content (AvgIpc) is 1.65. The highest BCUT2D eigenvalue weighted by Crippen LogP contribution is 2.55. The summed E-state index contributed by atoms with van der Waals surface area (Å²) >= 11 is 21.0. The number of pyridine rings is 1. The molecule has 9 N–H and O–H groups in total. The predicted octanol–water partition coefficient (Wildman–Crippen LogP) is 17.4. The molecule has 4 amide bonds. The number of rotatable bonds is 8. The molecule has 32 nitrogen and oxygen atoms in total. The number of azide groups is 1. The number of carbonyl (C=O) groups is 4. The third kappa shape index (κ3) is 21.8. The number of halogens is 2. The molecule has 6 aromatic heterocycles. The second-order valence-electron chi connectivity index (χ2n) is 34.6. The summed E-state index contributed by atoms with van der Waals surface area (Å²) in [6.07, 6.45) is 0.155. The van der Waals surface area contributed by atoms with Crippen LogP contribution in [0.3, 0.4) is 0 Å². The molecule has 17 atom stereocenters. The Morgan fingerprint density at radius 1 is 0.584 bits per heavy atom. The molecule has 0 spiro atoms. The number of ether oxygens (including phenoxy) is 9. The Bertz CT molecular complexity index is 5140. The van der Waals surface area contributed by atoms with E-state index in [9.17, 15) is 19.2 Å². The molecule has 0 saturated carbocycles. The van der Waals surface area contributed by atoms with Crippen LogP contribution in [-0.4, -0.2) is 190 Å². The smallest absolute Gasteiger partial charge is 0.426 e. The number of fused-ring (bicyclic) bond motifs is 6. The summed E-state index contributed by atoms with van der Waals surface area (Å²) in [6.45, 7) is 33.0. The average molecular weight is 2020 g/mol. The highest BCUT2D eigenvalue weighted by Gasteiger charge is 2.59. The number of hydroxylamine groups is 1. The molecule has 12 aliphatic rings. The number of imide groups is 1. The number of amides is 4. The molecule has 0 bridgehead atoms. The second kappa shape index (κ2) is 39.7. The topological polar surface area (TPSA) is 434 Å². The SMILES string of the molecule is C[C@H]1OCC2=NOC[C@@H]21.C[C@H]1OC[C@]2(c3cc(Br)cs3)N=C(N)SC[C@H]12.C[C@H]1OC[C@]2(c3cc(Br)cs3)NOC[C@H]12.C[C@H]1OC[C@]2(c3cc(N)cs3)N=C(NC(=O)OC(C)(C)C)SC[C@H]12.C[C@H]1OC[C@]2(c3cc(N=[N+]=[N-])cs3)N=C(N(C(=O)OC(C)(C)C)C(=O)OC(C)(C)C)SC[C@H]12.C[C@H]1OC[C@]2(c3cc(NC(=O)c4ccc(C#N)cn4)cs3)N=C(N)SC[C@H]12. The number of nitrogens with one attached hydrogen (secondary N) is 3. The molecule has 0 aliphatic carbocycles. The third-order valence-electron chi connectivity index (χ3n) is 22.6. The lowest BCUT2D eigenvalue weighted by Crippen LogP contribution is -2.49. The van der Waals surface area contributed by atoms with E-state index in [-0.39, 0.29) is 82.7 Å². The van der Waals surface area contributed by atoms with Gasteiger partial charge in [-0.1, -0.05) is 57.3 Å². The molecule has 125 heavy (non-hydrogen) atoms. The van der Waals surface area contributed by atoms with Crippen LogP contribution in [0.2, 0.25) is 0 Å². The number of thioether (sulfide) groups is 4. The molecule has 0 unspecified atom stereocenters. The van der Waals surface area contributed by atoms with Crippen LogP contribution in [0.25, 0.3) is 10.4 Å². The number of carbonyl (C=O) groups excluding carboxylic acids is 4. The van der Waals surface area contributed by atoms with Crippen LogP contribution < -0.4 is 33.3 Å². The lowest BCUT2D eigenvalue weighted by Gasteiger charge is -2.37. The summed E-state index contributed by atoms with van der Waals surface area (Å²) in [6, 6.07) is 15.1. The Morgan fingerprint density at radius 3 is 1.60 bits per heavy atom. The lowest BCUT2D eigenvalue weighted by atomic mass is 9.84. The number of hydrogen-bond acceptors (Lipinski definition) is 36. The molecule has 43 heteroatoms. The largest absolute Gasteiger partial charge is 0.444 e. The minimum Gasteiger partial charge on any atom is -0.444 e. The molecule has 18 rings (SSSR count). The van der Waals surface area contributed by atoms with Crippen molar-refractivity contribution in [2.24, 2.45) is 77.2 Å². The van der Waals surface area contributed by atoms with Gasteiger partial charge >= 0.3 is 18.3 Å². The minimum absolute atomic E-state index is 0.00272. The van der Waals surface area contributed by atoms with Gasteiger partial charge in [-0.05, 0) is 184 Å². The number of alkyl carbamates (subject to hydrolysis) is 1.